The Balaban J connectivity index is 2.68. The average molecular weight is 262 g/mol. The lowest BCUT2D eigenvalue weighted by Gasteiger charge is -2.31. The highest BCUT2D eigenvalue weighted by molar-refractivity contribution is 5.85. The van der Waals surface area contributed by atoms with Crippen LogP contribution in [0.5, 0.6) is 11.5 Å². The number of aliphatic carboxylic acids is 1. The lowest BCUT2D eigenvalue weighted by atomic mass is 9.92. The molecule has 0 bridgehead atoms. The summed E-state index contributed by atoms with van der Waals surface area (Å²) in [6, 6.07) is 0. The minimum Gasteiger partial charge on any atom is -0.496 e. The molecule has 19 heavy (non-hydrogen) atoms. The Morgan fingerprint density at radius 1 is 1.26 bits per heavy atom. The number of carboxylic acids is 1. The number of carbonyl (C=O) groups is 1. The molecule has 1 aromatic carbocycles. The van der Waals surface area contributed by atoms with Gasteiger partial charge >= 0.3 is 5.97 Å². The Kier molecular flexibility index (Phi) is 3.04. The van der Waals surface area contributed by atoms with E-state index in [4.69, 9.17) is 9.47 Å². The van der Waals surface area contributed by atoms with Gasteiger partial charge in [-0.05, 0) is 44.9 Å². The number of ether oxygens (including phenoxy) is 2. The fourth-order valence-electron chi connectivity index (χ4n) is 2.36. The molecule has 2 rings (SSSR count). The van der Waals surface area contributed by atoms with Crippen LogP contribution >= 0.6 is 0 Å². The number of rotatable bonds is 2. The summed E-state index contributed by atoms with van der Waals surface area (Å²) in [5.74, 6) is 0.451. The fraction of sp³-hybridized carbons (Fsp3) is 0.400. The quantitative estimate of drug-likeness (QED) is 0.890. The molecule has 0 aliphatic carbocycles. The van der Waals surface area contributed by atoms with Crippen molar-refractivity contribution in [2.45, 2.75) is 33.3 Å². The van der Waals surface area contributed by atoms with Crippen molar-refractivity contribution < 1.29 is 19.4 Å². The predicted octanol–water partition coefficient (Wildman–Crippen LogP) is 2.87. The van der Waals surface area contributed by atoms with Crippen molar-refractivity contribution in [2.75, 3.05) is 7.11 Å². The summed E-state index contributed by atoms with van der Waals surface area (Å²) in [6.45, 7) is 7.35. The van der Waals surface area contributed by atoms with E-state index < -0.39 is 11.6 Å². The second kappa shape index (κ2) is 4.30. The predicted molar refractivity (Wildman–Crippen MR) is 72.9 cm³/mol. The van der Waals surface area contributed by atoms with Gasteiger partial charge in [0.15, 0.2) is 0 Å². The van der Waals surface area contributed by atoms with Gasteiger partial charge in [0.2, 0.25) is 5.60 Å². The van der Waals surface area contributed by atoms with Crippen LogP contribution in [0.1, 0.15) is 29.2 Å². The maximum Gasteiger partial charge on any atom is 0.351 e. The van der Waals surface area contributed by atoms with Crippen LogP contribution in [0.25, 0.3) is 6.08 Å². The van der Waals surface area contributed by atoms with E-state index in [1.54, 1.807) is 26.2 Å². The van der Waals surface area contributed by atoms with E-state index >= 15 is 0 Å². The molecule has 1 aliphatic rings. The SMILES string of the molecule is COc1c(C)c(C)c2c(c1C)C=C[C@@](C)(C(=O)O)O2. The highest BCUT2D eigenvalue weighted by Crippen LogP contribution is 2.42. The highest BCUT2D eigenvalue weighted by Gasteiger charge is 2.37. The molecule has 4 nitrogen and oxygen atoms in total. The second-order valence-corrected chi connectivity index (χ2v) is 5.00. The topological polar surface area (TPSA) is 55.8 Å². The van der Waals surface area contributed by atoms with Crippen LogP contribution in [0.2, 0.25) is 0 Å². The molecule has 0 saturated carbocycles. The standard InChI is InChI=1S/C15H18O4/c1-8-9(2)13-11(10(3)12(8)18-5)6-7-15(4,19-13)14(16)17/h6-7H,1-5H3,(H,16,17)/t15-/m0/s1. The Morgan fingerprint density at radius 3 is 2.42 bits per heavy atom. The van der Waals surface area contributed by atoms with Crippen molar-refractivity contribution in [3.63, 3.8) is 0 Å². The highest BCUT2D eigenvalue weighted by atomic mass is 16.5. The van der Waals surface area contributed by atoms with Gasteiger partial charge in [-0.1, -0.05) is 6.08 Å². The first-order valence-corrected chi connectivity index (χ1v) is 6.11. The molecule has 0 saturated heterocycles. The molecular formula is C15H18O4. The summed E-state index contributed by atoms with van der Waals surface area (Å²) in [5, 5.41) is 9.25. The summed E-state index contributed by atoms with van der Waals surface area (Å²) in [4.78, 5) is 11.3. The molecule has 1 heterocycles. The van der Waals surface area contributed by atoms with Gasteiger partial charge in [-0.2, -0.15) is 0 Å². The zero-order valence-electron chi connectivity index (χ0n) is 11.8. The van der Waals surface area contributed by atoms with Crippen LogP contribution < -0.4 is 9.47 Å². The lowest BCUT2D eigenvalue weighted by molar-refractivity contribution is -0.149. The Bertz CT molecular complexity index is 587. The van der Waals surface area contributed by atoms with E-state index in [0.29, 0.717) is 5.75 Å². The molecule has 1 N–H and O–H groups in total. The summed E-state index contributed by atoms with van der Waals surface area (Å²) in [6.07, 6.45) is 3.37. The van der Waals surface area contributed by atoms with Crippen LogP contribution in [0.15, 0.2) is 6.08 Å². The lowest BCUT2D eigenvalue weighted by Crippen LogP contribution is -2.41. The van der Waals surface area contributed by atoms with Crippen LogP contribution in [-0.2, 0) is 4.79 Å². The van der Waals surface area contributed by atoms with E-state index in [2.05, 4.69) is 0 Å². The number of benzene rings is 1. The number of hydrogen-bond donors (Lipinski definition) is 1. The molecular weight excluding hydrogens is 244 g/mol. The van der Waals surface area contributed by atoms with Gasteiger partial charge in [0.1, 0.15) is 11.5 Å². The molecule has 0 radical (unpaired) electrons. The molecule has 4 heteroatoms. The molecule has 1 atom stereocenters. The Hall–Kier alpha value is -1.97. The summed E-state index contributed by atoms with van der Waals surface area (Å²) >= 11 is 0. The van der Waals surface area contributed by atoms with Gasteiger partial charge in [0.05, 0.1) is 7.11 Å². The van der Waals surface area contributed by atoms with Gasteiger partial charge in [-0.3, -0.25) is 0 Å². The molecule has 0 spiro atoms. The van der Waals surface area contributed by atoms with E-state index in [1.165, 1.54) is 0 Å². The zero-order valence-corrected chi connectivity index (χ0v) is 11.8. The van der Waals surface area contributed by atoms with Gasteiger partial charge in [0, 0.05) is 11.1 Å². The largest absolute Gasteiger partial charge is 0.496 e. The monoisotopic (exact) mass is 262 g/mol. The number of carboxylic acid groups (broad SMARTS) is 1. The fourth-order valence-corrected chi connectivity index (χ4v) is 2.36. The molecule has 102 valence electrons. The number of methoxy groups -OCH3 is 1. The third-order valence-electron chi connectivity index (χ3n) is 3.74. The first kappa shape index (κ1) is 13.5. The number of fused-ring (bicyclic) bond motifs is 1. The van der Waals surface area contributed by atoms with Crippen molar-refractivity contribution in [1.82, 2.24) is 0 Å². The van der Waals surface area contributed by atoms with E-state index in [1.807, 2.05) is 20.8 Å². The van der Waals surface area contributed by atoms with Crippen molar-refractivity contribution in [3.8, 4) is 11.5 Å². The van der Waals surface area contributed by atoms with Crippen molar-refractivity contribution in [3.05, 3.63) is 28.3 Å². The molecule has 0 unspecified atom stereocenters. The molecule has 0 fully saturated rings. The Labute approximate surface area is 112 Å². The van der Waals surface area contributed by atoms with Gasteiger partial charge < -0.3 is 14.6 Å². The minimum atomic E-state index is -1.31. The zero-order chi connectivity index (χ0) is 14.4. The van der Waals surface area contributed by atoms with Crippen LogP contribution in [0.3, 0.4) is 0 Å². The molecule has 1 aliphatic heterocycles. The smallest absolute Gasteiger partial charge is 0.351 e. The van der Waals surface area contributed by atoms with Crippen LogP contribution in [0, 0.1) is 20.8 Å². The third-order valence-corrected chi connectivity index (χ3v) is 3.74. The van der Waals surface area contributed by atoms with E-state index in [0.717, 1.165) is 28.0 Å². The van der Waals surface area contributed by atoms with Crippen molar-refractivity contribution in [2.24, 2.45) is 0 Å². The maximum atomic E-state index is 11.3. The van der Waals surface area contributed by atoms with E-state index in [-0.39, 0.29) is 0 Å². The second-order valence-electron chi connectivity index (χ2n) is 5.00. The molecule has 1 aromatic rings. The third kappa shape index (κ3) is 1.87. The number of hydrogen-bond acceptors (Lipinski definition) is 3. The van der Waals surface area contributed by atoms with Crippen molar-refractivity contribution >= 4 is 12.0 Å². The first-order valence-electron chi connectivity index (χ1n) is 6.11. The first-order chi connectivity index (χ1) is 8.81. The van der Waals surface area contributed by atoms with Crippen LogP contribution in [-0.4, -0.2) is 23.8 Å². The minimum absolute atomic E-state index is 0.628. The summed E-state index contributed by atoms with van der Waals surface area (Å²) < 4.78 is 11.1. The maximum absolute atomic E-state index is 11.3. The van der Waals surface area contributed by atoms with Gasteiger partial charge in [-0.15, -0.1) is 0 Å². The van der Waals surface area contributed by atoms with E-state index in [9.17, 15) is 9.90 Å². The van der Waals surface area contributed by atoms with Crippen molar-refractivity contribution in [1.29, 1.82) is 0 Å². The summed E-state index contributed by atoms with van der Waals surface area (Å²) in [5.41, 5.74) is 2.42. The van der Waals surface area contributed by atoms with Crippen LogP contribution in [0.4, 0.5) is 0 Å². The average Bonchev–Trinajstić information content (AvgIpc) is 2.36. The molecule has 0 amide bonds. The molecule has 0 aromatic heterocycles. The summed E-state index contributed by atoms with van der Waals surface area (Å²) in [7, 11) is 1.63. The van der Waals surface area contributed by atoms with Gasteiger partial charge in [-0.25, -0.2) is 4.79 Å². The van der Waals surface area contributed by atoms with Gasteiger partial charge in [0.25, 0.3) is 0 Å². The normalized spacial score (nSPS) is 20.7. The Morgan fingerprint density at radius 2 is 1.89 bits per heavy atom.